The highest BCUT2D eigenvalue weighted by atomic mass is 19.4. The number of likely N-dealkylation sites (tertiary alicyclic amines) is 1. The van der Waals surface area contributed by atoms with Crippen LogP contribution in [0.1, 0.15) is 26.2 Å². The van der Waals surface area contributed by atoms with Crippen LogP contribution in [0.2, 0.25) is 0 Å². The van der Waals surface area contributed by atoms with Crippen LogP contribution in [0.5, 0.6) is 0 Å². The van der Waals surface area contributed by atoms with Gasteiger partial charge in [-0.05, 0) is 32.1 Å². The monoisotopic (exact) mass is 220 g/mol. The van der Waals surface area contributed by atoms with Gasteiger partial charge in [-0.25, -0.2) is 4.99 Å². The van der Waals surface area contributed by atoms with E-state index < -0.39 is 12.2 Å². The van der Waals surface area contributed by atoms with Gasteiger partial charge in [-0.3, -0.25) is 0 Å². The summed E-state index contributed by atoms with van der Waals surface area (Å²) in [5.74, 6) is 0.359. The quantitative estimate of drug-likeness (QED) is 0.667. The molecule has 86 valence electrons. The molecule has 1 saturated heterocycles. The van der Waals surface area contributed by atoms with E-state index in [9.17, 15) is 13.2 Å². The van der Waals surface area contributed by atoms with Crippen molar-refractivity contribution in [1.82, 2.24) is 4.90 Å². The minimum atomic E-state index is -4.17. The number of rotatable bonds is 3. The Balaban J connectivity index is 2.84. The van der Waals surface area contributed by atoms with Crippen LogP contribution in [0.3, 0.4) is 0 Å². The molecule has 0 N–H and O–H groups in total. The molecule has 0 spiro atoms. The van der Waals surface area contributed by atoms with Gasteiger partial charge in [-0.2, -0.15) is 13.2 Å². The van der Waals surface area contributed by atoms with Crippen molar-refractivity contribution >= 4 is 6.72 Å². The molecule has 0 aromatic rings. The summed E-state index contributed by atoms with van der Waals surface area (Å²) in [6.07, 6.45) is -1.12. The Morgan fingerprint density at radius 2 is 2.27 bits per heavy atom. The van der Waals surface area contributed by atoms with Gasteiger partial charge in [0.05, 0.1) is 0 Å². The molecule has 1 aliphatic heterocycles. The lowest BCUT2D eigenvalue weighted by molar-refractivity contribution is -0.171. The summed E-state index contributed by atoms with van der Waals surface area (Å²) in [6, 6.07) is -1.39. The predicted octanol–water partition coefficient (Wildman–Crippen LogP) is 2.97. The summed E-state index contributed by atoms with van der Waals surface area (Å²) >= 11 is 0. The van der Waals surface area contributed by atoms with Gasteiger partial charge in [0, 0.05) is 6.54 Å². The molecular weight excluding hydrogens is 205 g/mol. The number of aliphatic imine (C=N–C) groups is 1. The Morgan fingerprint density at radius 1 is 1.60 bits per heavy atom. The molecule has 0 saturated carbocycles. The van der Waals surface area contributed by atoms with Crippen molar-refractivity contribution in [2.75, 3.05) is 6.54 Å². The van der Waals surface area contributed by atoms with E-state index in [0.717, 1.165) is 0 Å². The smallest absolute Gasteiger partial charge is 0.345 e. The number of allylic oxidation sites excluding steroid dienone is 1. The van der Waals surface area contributed by atoms with E-state index >= 15 is 0 Å². The van der Waals surface area contributed by atoms with Crippen LogP contribution in [0.15, 0.2) is 16.9 Å². The van der Waals surface area contributed by atoms with Crippen molar-refractivity contribution < 1.29 is 13.2 Å². The second-order valence-electron chi connectivity index (χ2n) is 3.52. The van der Waals surface area contributed by atoms with Crippen molar-refractivity contribution in [2.45, 2.75) is 38.4 Å². The average Bonchev–Trinajstić information content (AvgIpc) is 2.61. The third-order valence-corrected chi connectivity index (χ3v) is 2.47. The van der Waals surface area contributed by atoms with Crippen molar-refractivity contribution in [3.05, 3.63) is 11.9 Å². The molecule has 5 heteroatoms. The normalized spacial score (nSPS) is 23.3. The van der Waals surface area contributed by atoms with E-state index in [2.05, 4.69) is 11.7 Å². The largest absolute Gasteiger partial charge is 0.408 e. The second kappa shape index (κ2) is 4.68. The van der Waals surface area contributed by atoms with Crippen LogP contribution in [-0.4, -0.2) is 30.4 Å². The van der Waals surface area contributed by atoms with Crippen LogP contribution < -0.4 is 0 Å². The molecule has 0 radical (unpaired) electrons. The molecule has 2 nitrogen and oxygen atoms in total. The van der Waals surface area contributed by atoms with Crippen LogP contribution in [0.25, 0.3) is 0 Å². The number of alkyl halides is 3. The Morgan fingerprint density at radius 3 is 2.73 bits per heavy atom. The fourth-order valence-electron chi connectivity index (χ4n) is 1.84. The van der Waals surface area contributed by atoms with E-state index in [1.54, 1.807) is 6.08 Å². The highest BCUT2D eigenvalue weighted by Gasteiger charge is 2.46. The maximum Gasteiger partial charge on any atom is 0.408 e. The molecule has 0 amide bonds. The second-order valence-corrected chi connectivity index (χ2v) is 3.52. The van der Waals surface area contributed by atoms with Gasteiger partial charge >= 0.3 is 6.18 Å². The summed E-state index contributed by atoms with van der Waals surface area (Å²) in [4.78, 5) is 4.96. The van der Waals surface area contributed by atoms with Crippen LogP contribution in [0.4, 0.5) is 13.2 Å². The van der Waals surface area contributed by atoms with Crippen molar-refractivity contribution in [2.24, 2.45) is 4.99 Å². The molecule has 0 aromatic carbocycles. The van der Waals surface area contributed by atoms with Gasteiger partial charge in [0.15, 0.2) is 0 Å². The first-order chi connectivity index (χ1) is 7.00. The highest BCUT2D eigenvalue weighted by molar-refractivity contribution is 5.29. The zero-order valence-electron chi connectivity index (χ0n) is 8.72. The molecule has 1 fully saturated rings. The number of hydrogen-bond acceptors (Lipinski definition) is 2. The van der Waals surface area contributed by atoms with Crippen LogP contribution >= 0.6 is 0 Å². The Labute approximate surface area is 87.5 Å². The fraction of sp³-hybridized carbons (Fsp3) is 0.700. The number of nitrogens with zero attached hydrogens (tertiary/aromatic N) is 2. The van der Waals surface area contributed by atoms with Gasteiger partial charge in [0.25, 0.3) is 0 Å². The van der Waals surface area contributed by atoms with Crippen LogP contribution in [-0.2, 0) is 0 Å². The van der Waals surface area contributed by atoms with Gasteiger partial charge in [0.1, 0.15) is 11.9 Å². The standard InChI is InChI=1S/C10H15F3N2/c1-3-5-9(14-2)15-7-4-6-8(15)10(11,12)13/h5,8H,2-4,6-7H2,1H3. The summed E-state index contributed by atoms with van der Waals surface area (Å²) in [7, 11) is 0. The predicted molar refractivity (Wildman–Crippen MR) is 53.7 cm³/mol. The van der Waals surface area contributed by atoms with E-state index in [0.29, 0.717) is 25.2 Å². The first kappa shape index (κ1) is 12.1. The first-order valence-corrected chi connectivity index (χ1v) is 5.01. The van der Waals surface area contributed by atoms with E-state index in [-0.39, 0.29) is 6.42 Å². The molecule has 0 bridgehead atoms. The average molecular weight is 220 g/mol. The van der Waals surface area contributed by atoms with Gasteiger partial charge in [-0.1, -0.05) is 6.92 Å². The zero-order valence-corrected chi connectivity index (χ0v) is 8.72. The molecule has 0 aliphatic carbocycles. The Bertz CT molecular complexity index is 258. The van der Waals surface area contributed by atoms with E-state index in [1.807, 2.05) is 6.92 Å². The van der Waals surface area contributed by atoms with Gasteiger partial charge in [-0.15, -0.1) is 0 Å². The Hall–Kier alpha value is -1.00. The third-order valence-electron chi connectivity index (χ3n) is 2.47. The lowest BCUT2D eigenvalue weighted by Gasteiger charge is -2.28. The number of halogens is 3. The van der Waals surface area contributed by atoms with Crippen molar-refractivity contribution in [3.8, 4) is 0 Å². The molecule has 1 atom stereocenters. The topological polar surface area (TPSA) is 15.6 Å². The fourth-order valence-corrected chi connectivity index (χ4v) is 1.84. The molecule has 1 aliphatic rings. The summed E-state index contributed by atoms with van der Waals surface area (Å²) in [5, 5.41) is 0. The van der Waals surface area contributed by atoms with E-state index in [1.165, 1.54) is 4.90 Å². The zero-order chi connectivity index (χ0) is 11.5. The molecule has 15 heavy (non-hydrogen) atoms. The summed E-state index contributed by atoms with van der Waals surface area (Å²) < 4.78 is 37.9. The van der Waals surface area contributed by atoms with Gasteiger partial charge < -0.3 is 4.90 Å². The van der Waals surface area contributed by atoms with Crippen LogP contribution in [0, 0.1) is 0 Å². The first-order valence-electron chi connectivity index (χ1n) is 5.01. The third kappa shape index (κ3) is 2.73. The molecular formula is C10H15F3N2. The molecule has 1 rings (SSSR count). The van der Waals surface area contributed by atoms with Crippen molar-refractivity contribution in [1.29, 1.82) is 0 Å². The highest BCUT2D eigenvalue weighted by Crippen LogP contribution is 2.35. The molecule has 1 unspecified atom stereocenters. The van der Waals surface area contributed by atoms with Crippen molar-refractivity contribution in [3.63, 3.8) is 0 Å². The SMILES string of the molecule is C=NC(=CCC)N1CCCC1C(F)(F)F. The lowest BCUT2D eigenvalue weighted by Crippen LogP contribution is -2.40. The lowest BCUT2D eigenvalue weighted by atomic mass is 10.2. The maximum atomic E-state index is 12.6. The minimum Gasteiger partial charge on any atom is -0.345 e. The van der Waals surface area contributed by atoms with E-state index in [4.69, 9.17) is 0 Å². The summed E-state index contributed by atoms with van der Waals surface area (Å²) in [5.41, 5.74) is 0. The summed E-state index contributed by atoms with van der Waals surface area (Å²) in [6.45, 7) is 5.59. The number of hydrogen-bond donors (Lipinski definition) is 0. The minimum absolute atomic E-state index is 0.153. The van der Waals surface area contributed by atoms with Gasteiger partial charge in [0.2, 0.25) is 0 Å². The Kier molecular flexibility index (Phi) is 3.77. The molecule has 0 aromatic heterocycles. The maximum absolute atomic E-state index is 12.6. The molecule has 1 heterocycles.